The van der Waals surface area contributed by atoms with Crippen molar-refractivity contribution in [2.24, 2.45) is 0 Å². The zero-order chi connectivity index (χ0) is 15.6. The van der Waals surface area contributed by atoms with Crippen molar-refractivity contribution in [2.75, 3.05) is 0 Å². The van der Waals surface area contributed by atoms with Crippen LogP contribution in [-0.4, -0.2) is 22.7 Å². The first-order valence-corrected chi connectivity index (χ1v) is 6.17. The average Bonchev–Trinajstić information content (AvgIpc) is 2.26. The van der Waals surface area contributed by atoms with Gasteiger partial charge in [0.1, 0.15) is 6.10 Å². The van der Waals surface area contributed by atoms with E-state index in [1.807, 2.05) is 0 Å². The van der Waals surface area contributed by atoms with E-state index in [0.29, 0.717) is 12.0 Å². The number of carbonyl (C=O) groups is 1. The molecule has 0 aliphatic heterocycles. The summed E-state index contributed by atoms with van der Waals surface area (Å²) in [5, 5.41) is 11.8. The highest BCUT2D eigenvalue weighted by molar-refractivity contribution is 5.80. The topological polar surface area (TPSA) is 49.3 Å². The molecule has 20 heavy (non-hydrogen) atoms. The number of carbonyl (C=O) groups excluding carboxylic acids is 1. The Labute approximate surface area is 115 Å². The normalized spacial score (nSPS) is 13.9. The Hall–Kier alpha value is -1.56. The summed E-state index contributed by atoms with van der Waals surface area (Å²) in [5.74, 6) is -0.512. The van der Waals surface area contributed by atoms with Gasteiger partial charge in [-0.3, -0.25) is 4.79 Å². The van der Waals surface area contributed by atoms with Crippen molar-refractivity contribution in [3.8, 4) is 0 Å². The van der Waals surface area contributed by atoms with Crippen LogP contribution < -0.4 is 5.32 Å². The lowest BCUT2D eigenvalue weighted by molar-refractivity contribution is -0.137. The molecule has 3 nitrogen and oxygen atoms in total. The van der Waals surface area contributed by atoms with E-state index in [4.69, 9.17) is 5.11 Å². The number of aliphatic hydroxyl groups excluding tert-OH is 1. The second kappa shape index (κ2) is 5.83. The fourth-order valence-corrected chi connectivity index (χ4v) is 1.80. The predicted octanol–water partition coefficient (Wildman–Crippen LogP) is 2.52. The second-order valence-corrected chi connectivity index (χ2v) is 5.42. The molecule has 1 rings (SSSR count). The average molecular weight is 289 g/mol. The summed E-state index contributed by atoms with van der Waals surface area (Å²) in [5.41, 5.74) is -0.686. The van der Waals surface area contributed by atoms with E-state index in [0.717, 1.165) is 12.1 Å². The van der Waals surface area contributed by atoms with Crippen LogP contribution in [0.4, 0.5) is 13.2 Å². The number of alkyl halides is 3. The summed E-state index contributed by atoms with van der Waals surface area (Å²) < 4.78 is 37.3. The van der Waals surface area contributed by atoms with Crippen molar-refractivity contribution >= 4 is 5.91 Å². The number of amides is 1. The summed E-state index contributed by atoms with van der Waals surface area (Å²) in [6.45, 7) is 4.83. The third-order valence-corrected chi connectivity index (χ3v) is 2.77. The molecule has 0 aliphatic carbocycles. The minimum absolute atomic E-state index is 0.365. The van der Waals surface area contributed by atoms with Crippen LogP contribution >= 0.6 is 0 Å². The highest BCUT2D eigenvalue weighted by Gasteiger charge is 2.30. The predicted molar refractivity (Wildman–Crippen MR) is 69.1 cm³/mol. The molecule has 6 heteroatoms. The molecule has 1 aromatic carbocycles. The standard InChI is InChI=1S/C14H18F3NO2/c1-9(19)12(20)18-13(2,3)8-10-4-6-11(7-5-10)14(15,16)17/h4-7,9,19H,8H2,1-3H3,(H,18,20). The van der Waals surface area contributed by atoms with Crippen molar-refractivity contribution in [1.82, 2.24) is 5.32 Å². The molecule has 0 radical (unpaired) electrons. The van der Waals surface area contributed by atoms with E-state index < -0.39 is 29.3 Å². The number of aliphatic hydroxyl groups is 1. The Balaban J connectivity index is 2.75. The lowest BCUT2D eigenvalue weighted by atomic mass is 9.94. The van der Waals surface area contributed by atoms with Crippen LogP contribution in [0.1, 0.15) is 31.9 Å². The Morgan fingerprint density at radius 2 is 1.75 bits per heavy atom. The van der Waals surface area contributed by atoms with Crippen LogP contribution in [0.3, 0.4) is 0 Å². The number of hydrogen-bond acceptors (Lipinski definition) is 2. The molecule has 0 fully saturated rings. The first kappa shape index (κ1) is 16.5. The van der Waals surface area contributed by atoms with Gasteiger partial charge >= 0.3 is 6.18 Å². The van der Waals surface area contributed by atoms with Gasteiger partial charge in [-0.1, -0.05) is 12.1 Å². The summed E-state index contributed by atoms with van der Waals surface area (Å²) in [4.78, 5) is 11.4. The van der Waals surface area contributed by atoms with Crippen molar-refractivity contribution in [2.45, 2.75) is 45.0 Å². The van der Waals surface area contributed by atoms with Gasteiger partial charge in [0.15, 0.2) is 0 Å². The molecule has 0 bridgehead atoms. The SMILES string of the molecule is CC(O)C(=O)NC(C)(C)Cc1ccc(C(F)(F)F)cc1. The van der Waals surface area contributed by atoms with Crippen LogP contribution in [0.15, 0.2) is 24.3 Å². The van der Waals surface area contributed by atoms with Crippen LogP contribution in [0.25, 0.3) is 0 Å². The smallest absolute Gasteiger partial charge is 0.384 e. The molecule has 0 aromatic heterocycles. The van der Waals surface area contributed by atoms with Crippen LogP contribution in [0.2, 0.25) is 0 Å². The highest BCUT2D eigenvalue weighted by atomic mass is 19.4. The molecule has 0 saturated carbocycles. The van der Waals surface area contributed by atoms with Gasteiger partial charge in [-0.05, 0) is 44.9 Å². The molecule has 2 N–H and O–H groups in total. The molecule has 1 unspecified atom stereocenters. The van der Waals surface area contributed by atoms with E-state index in [-0.39, 0.29) is 0 Å². The third-order valence-electron chi connectivity index (χ3n) is 2.77. The van der Waals surface area contributed by atoms with Crippen molar-refractivity contribution in [1.29, 1.82) is 0 Å². The second-order valence-electron chi connectivity index (χ2n) is 5.42. The van der Waals surface area contributed by atoms with E-state index in [9.17, 15) is 18.0 Å². The maximum Gasteiger partial charge on any atom is 0.416 e. The molecule has 0 aliphatic rings. The summed E-state index contributed by atoms with van der Waals surface area (Å²) in [7, 11) is 0. The Bertz CT molecular complexity index is 464. The first-order chi connectivity index (χ1) is 9.01. The molecule has 1 amide bonds. The molecule has 0 spiro atoms. The van der Waals surface area contributed by atoms with Gasteiger partial charge < -0.3 is 10.4 Å². The lowest BCUT2D eigenvalue weighted by Crippen LogP contribution is -2.48. The van der Waals surface area contributed by atoms with Crippen molar-refractivity contribution < 1.29 is 23.1 Å². The van der Waals surface area contributed by atoms with Gasteiger partial charge in [0.05, 0.1) is 5.56 Å². The van der Waals surface area contributed by atoms with Crippen LogP contribution in [0.5, 0.6) is 0 Å². The first-order valence-electron chi connectivity index (χ1n) is 6.17. The van der Waals surface area contributed by atoms with E-state index in [1.54, 1.807) is 13.8 Å². The van der Waals surface area contributed by atoms with E-state index in [1.165, 1.54) is 19.1 Å². The number of nitrogens with one attached hydrogen (secondary N) is 1. The third kappa shape index (κ3) is 4.85. The van der Waals surface area contributed by atoms with Crippen LogP contribution in [-0.2, 0) is 17.4 Å². The molecule has 1 atom stereocenters. The Morgan fingerprint density at radius 1 is 1.25 bits per heavy atom. The van der Waals surface area contributed by atoms with E-state index in [2.05, 4.69) is 5.32 Å². The van der Waals surface area contributed by atoms with Gasteiger partial charge in [-0.25, -0.2) is 0 Å². The van der Waals surface area contributed by atoms with Gasteiger partial charge in [0.25, 0.3) is 0 Å². The number of hydrogen-bond donors (Lipinski definition) is 2. The zero-order valence-electron chi connectivity index (χ0n) is 11.6. The molecule has 0 saturated heterocycles. The Morgan fingerprint density at radius 3 is 2.15 bits per heavy atom. The number of rotatable bonds is 4. The minimum Gasteiger partial charge on any atom is -0.384 e. The monoisotopic (exact) mass is 289 g/mol. The quantitative estimate of drug-likeness (QED) is 0.895. The minimum atomic E-state index is -4.35. The summed E-state index contributed by atoms with van der Waals surface area (Å²) in [6.07, 6.45) is -5.11. The fourth-order valence-electron chi connectivity index (χ4n) is 1.80. The van der Waals surface area contributed by atoms with Crippen LogP contribution in [0, 0.1) is 0 Å². The maximum atomic E-state index is 12.4. The van der Waals surface area contributed by atoms with Gasteiger partial charge in [-0.2, -0.15) is 13.2 Å². The molecule has 112 valence electrons. The van der Waals surface area contributed by atoms with Crippen molar-refractivity contribution in [3.05, 3.63) is 35.4 Å². The molecule has 0 heterocycles. The number of benzene rings is 1. The van der Waals surface area contributed by atoms with E-state index >= 15 is 0 Å². The lowest BCUT2D eigenvalue weighted by Gasteiger charge is -2.27. The van der Waals surface area contributed by atoms with Gasteiger partial charge in [0, 0.05) is 5.54 Å². The Kier molecular flexibility index (Phi) is 4.81. The fraction of sp³-hybridized carbons (Fsp3) is 0.500. The molecular formula is C14H18F3NO2. The van der Waals surface area contributed by atoms with Crippen molar-refractivity contribution in [3.63, 3.8) is 0 Å². The summed E-state index contributed by atoms with van der Waals surface area (Å²) >= 11 is 0. The number of halogens is 3. The zero-order valence-corrected chi connectivity index (χ0v) is 11.6. The highest BCUT2D eigenvalue weighted by Crippen LogP contribution is 2.29. The molecular weight excluding hydrogens is 271 g/mol. The largest absolute Gasteiger partial charge is 0.416 e. The van der Waals surface area contributed by atoms with Gasteiger partial charge in [-0.15, -0.1) is 0 Å². The van der Waals surface area contributed by atoms with Gasteiger partial charge in [0.2, 0.25) is 5.91 Å². The summed E-state index contributed by atoms with van der Waals surface area (Å²) in [6, 6.07) is 4.81. The molecule has 1 aromatic rings. The maximum absolute atomic E-state index is 12.4.